The Kier molecular flexibility index (Phi) is 4.33. The van der Waals surface area contributed by atoms with Gasteiger partial charge in [0.25, 0.3) is 5.91 Å². The van der Waals surface area contributed by atoms with Gasteiger partial charge in [-0.25, -0.2) is 5.43 Å². The topological polar surface area (TPSA) is 59.9 Å². The molecule has 1 heterocycles. The number of fused-ring (bicyclic) bond motifs is 3. The number of benzene rings is 4. The highest BCUT2D eigenvalue weighted by molar-refractivity contribution is 6.13. The molecule has 1 N–H and O–H groups in total. The van der Waals surface area contributed by atoms with Gasteiger partial charge in [-0.3, -0.25) is 4.79 Å². The molecule has 0 saturated heterocycles. The highest BCUT2D eigenvalue weighted by atomic mass is 16.6. The molecule has 0 radical (unpaired) electrons. The van der Waals surface area contributed by atoms with Crippen molar-refractivity contribution in [2.75, 3.05) is 6.61 Å². The monoisotopic (exact) mass is 382 g/mol. The Labute approximate surface area is 167 Å². The zero-order valence-electron chi connectivity index (χ0n) is 15.5. The van der Waals surface area contributed by atoms with Gasteiger partial charge < -0.3 is 9.47 Å². The van der Waals surface area contributed by atoms with Gasteiger partial charge in [0.15, 0.2) is 11.5 Å². The number of hydrazone groups is 1. The molecule has 0 aliphatic carbocycles. The fraction of sp³-hybridized carbons (Fsp3) is 0.0833. The van der Waals surface area contributed by atoms with Crippen LogP contribution in [0.25, 0.3) is 21.5 Å². The summed E-state index contributed by atoms with van der Waals surface area (Å²) in [5, 5.41) is 8.62. The Morgan fingerprint density at radius 1 is 0.897 bits per heavy atom. The Morgan fingerprint density at radius 3 is 2.24 bits per heavy atom. The molecule has 0 spiro atoms. The summed E-state index contributed by atoms with van der Waals surface area (Å²) in [4.78, 5) is 12.5. The van der Waals surface area contributed by atoms with E-state index in [9.17, 15) is 4.79 Å². The van der Waals surface area contributed by atoms with Gasteiger partial charge in [-0.2, -0.15) is 5.10 Å². The summed E-state index contributed by atoms with van der Waals surface area (Å²) in [6, 6.07) is 25.7. The van der Waals surface area contributed by atoms with Crippen molar-refractivity contribution in [3.8, 4) is 11.5 Å². The van der Waals surface area contributed by atoms with Gasteiger partial charge in [0.2, 0.25) is 6.10 Å². The zero-order chi connectivity index (χ0) is 19.6. The van der Waals surface area contributed by atoms with Gasteiger partial charge in [0.1, 0.15) is 6.61 Å². The molecule has 0 saturated carbocycles. The number of para-hydroxylation sites is 2. The molecule has 0 aromatic heterocycles. The van der Waals surface area contributed by atoms with E-state index in [4.69, 9.17) is 9.47 Å². The minimum absolute atomic E-state index is 0.148. The largest absolute Gasteiger partial charge is 0.485 e. The molecular formula is C24H18N2O3. The number of hydrogen-bond acceptors (Lipinski definition) is 4. The van der Waals surface area contributed by atoms with Crippen molar-refractivity contribution >= 4 is 33.7 Å². The average Bonchev–Trinajstić information content (AvgIpc) is 2.78. The molecule has 5 nitrogen and oxygen atoms in total. The van der Waals surface area contributed by atoms with Crippen molar-refractivity contribution < 1.29 is 14.3 Å². The van der Waals surface area contributed by atoms with Crippen LogP contribution in [0.3, 0.4) is 0 Å². The van der Waals surface area contributed by atoms with Gasteiger partial charge in [0.05, 0.1) is 6.21 Å². The van der Waals surface area contributed by atoms with E-state index in [1.165, 1.54) is 0 Å². The standard InChI is InChI=1S/C24H18N2O3/c27-24(23-15-28-21-11-5-6-12-22(21)29-23)26-25-14-20-18-9-3-1-7-16(18)13-17-8-2-4-10-19(17)20/h1-14,23H,15H2,(H,26,27)/b25-14-/t23-/m0/s1. The maximum atomic E-state index is 12.5. The molecule has 1 aliphatic rings. The first-order valence-electron chi connectivity index (χ1n) is 9.41. The summed E-state index contributed by atoms with van der Waals surface area (Å²) >= 11 is 0. The quantitative estimate of drug-likeness (QED) is 0.327. The van der Waals surface area contributed by atoms with Crippen molar-refractivity contribution in [1.29, 1.82) is 0 Å². The Morgan fingerprint density at radius 2 is 1.52 bits per heavy atom. The second-order valence-corrected chi connectivity index (χ2v) is 6.83. The lowest BCUT2D eigenvalue weighted by molar-refractivity contribution is -0.130. The fourth-order valence-corrected chi connectivity index (χ4v) is 3.57. The van der Waals surface area contributed by atoms with Crippen LogP contribution in [0.5, 0.6) is 11.5 Å². The SMILES string of the molecule is O=C(N/N=C\c1c2ccccc2cc2ccccc12)[C@@H]1COc2ccccc2O1. The molecule has 4 aromatic rings. The molecule has 1 amide bonds. The first-order chi connectivity index (χ1) is 14.3. The van der Waals surface area contributed by atoms with E-state index in [1.54, 1.807) is 12.3 Å². The third-order valence-corrected chi connectivity index (χ3v) is 4.98. The fourth-order valence-electron chi connectivity index (χ4n) is 3.57. The summed E-state index contributed by atoms with van der Waals surface area (Å²) in [6.45, 7) is 0.148. The number of nitrogens with zero attached hydrogens (tertiary/aromatic N) is 1. The lowest BCUT2D eigenvalue weighted by atomic mass is 9.97. The second kappa shape index (κ2) is 7.28. The van der Waals surface area contributed by atoms with Gasteiger partial charge >= 0.3 is 0 Å². The van der Waals surface area contributed by atoms with E-state index >= 15 is 0 Å². The number of carbonyl (C=O) groups is 1. The van der Waals surface area contributed by atoms with Gasteiger partial charge in [-0.15, -0.1) is 0 Å². The Hall–Kier alpha value is -3.86. The van der Waals surface area contributed by atoms with Crippen LogP contribution >= 0.6 is 0 Å². The normalized spacial score (nSPS) is 15.7. The van der Waals surface area contributed by atoms with Crippen LogP contribution in [-0.4, -0.2) is 24.8 Å². The number of ether oxygens (including phenoxy) is 2. The van der Waals surface area contributed by atoms with E-state index in [0.717, 1.165) is 27.1 Å². The average molecular weight is 382 g/mol. The summed E-state index contributed by atoms with van der Waals surface area (Å²) in [7, 11) is 0. The smallest absolute Gasteiger partial charge is 0.284 e. The zero-order valence-corrected chi connectivity index (χ0v) is 15.5. The van der Waals surface area contributed by atoms with Crippen molar-refractivity contribution in [2.24, 2.45) is 5.10 Å². The van der Waals surface area contributed by atoms with Crippen LogP contribution in [0.2, 0.25) is 0 Å². The van der Waals surface area contributed by atoms with E-state index in [2.05, 4.69) is 40.9 Å². The molecule has 0 fully saturated rings. The molecular weight excluding hydrogens is 364 g/mol. The third-order valence-electron chi connectivity index (χ3n) is 4.98. The molecule has 1 aliphatic heterocycles. The maximum Gasteiger partial charge on any atom is 0.284 e. The van der Waals surface area contributed by atoms with Crippen molar-refractivity contribution in [2.45, 2.75) is 6.10 Å². The molecule has 0 unspecified atom stereocenters. The van der Waals surface area contributed by atoms with Crippen LogP contribution in [-0.2, 0) is 4.79 Å². The summed E-state index contributed by atoms with van der Waals surface area (Å²) in [6.07, 6.45) is 0.950. The number of nitrogens with one attached hydrogen (secondary N) is 1. The van der Waals surface area contributed by atoms with E-state index < -0.39 is 6.10 Å². The number of carbonyl (C=O) groups excluding carboxylic acids is 1. The number of hydrogen-bond donors (Lipinski definition) is 1. The first-order valence-corrected chi connectivity index (χ1v) is 9.41. The molecule has 5 heteroatoms. The van der Waals surface area contributed by atoms with E-state index in [0.29, 0.717) is 11.5 Å². The molecule has 1 atom stereocenters. The maximum absolute atomic E-state index is 12.5. The second-order valence-electron chi connectivity index (χ2n) is 6.83. The highest BCUT2D eigenvalue weighted by Gasteiger charge is 2.27. The lowest BCUT2D eigenvalue weighted by Crippen LogP contribution is -2.42. The molecule has 29 heavy (non-hydrogen) atoms. The van der Waals surface area contributed by atoms with Crippen LogP contribution in [0.1, 0.15) is 5.56 Å². The van der Waals surface area contributed by atoms with Crippen LogP contribution in [0.15, 0.2) is 84.0 Å². The highest BCUT2D eigenvalue weighted by Crippen LogP contribution is 2.31. The number of rotatable bonds is 3. The number of amides is 1. The van der Waals surface area contributed by atoms with Crippen molar-refractivity contribution in [3.63, 3.8) is 0 Å². The summed E-state index contributed by atoms with van der Waals surface area (Å²) in [5.74, 6) is 0.852. The van der Waals surface area contributed by atoms with Crippen LogP contribution in [0.4, 0.5) is 0 Å². The predicted octanol–water partition coefficient (Wildman–Crippen LogP) is 4.28. The van der Waals surface area contributed by atoms with Gasteiger partial charge in [0, 0.05) is 5.56 Å². The van der Waals surface area contributed by atoms with Gasteiger partial charge in [-0.1, -0.05) is 60.7 Å². The van der Waals surface area contributed by atoms with E-state index in [-0.39, 0.29) is 12.5 Å². The Balaban J connectivity index is 1.40. The van der Waals surface area contributed by atoms with Gasteiger partial charge in [-0.05, 0) is 39.7 Å². The van der Waals surface area contributed by atoms with Crippen molar-refractivity contribution in [3.05, 3.63) is 84.4 Å². The molecule has 5 rings (SSSR count). The van der Waals surface area contributed by atoms with Crippen molar-refractivity contribution in [1.82, 2.24) is 5.43 Å². The molecule has 142 valence electrons. The minimum Gasteiger partial charge on any atom is -0.485 e. The van der Waals surface area contributed by atoms with Crippen LogP contribution in [0, 0.1) is 0 Å². The third kappa shape index (κ3) is 3.27. The molecule has 4 aromatic carbocycles. The van der Waals surface area contributed by atoms with E-state index in [1.807, 2.05) is 42.5 Å². The summed E-state index contributed by atoms with van der Waals surface area (Å²) < 4.78 is 11.3. The Bertz CT molecular complexity index is 1200. The first kappa shape index (κ1) is 17.3. The minimum atomic E-state index is -0.744. The lowest BCUT2D eigenvalue weighted by Gasteiger charge is -2.24. The summed E-state index contributed by atoms with van der Waals surface area (Å²) in [5.41, 5.74) is 3.55. The van der Waals surface area contributed by atoms with Crippen LogP contribution < -0.4 is 14.9 Å². The molecule has 0 bridgehead atoms. The predicted molar refractivity (Wildman–Crippen MR) is 114 cm³/mol.